The van der Waals surface area contributed by atoms with E-state index in [0.717, 1.165) is 81.7 Å². The number of hydrogen-bond donors (Lipinski definition) is 1. The summed E-state index contributed by atoms with van der Waals surface area (Å²) < 4.78 is 2.18. The monoisotopic (exact) mass is 371 g/mol. The van der Waals surface area contributed by atoms with Gasteiger partial charge in [0.25, 0.3) is 0 Å². The average Bonchev–Trinajstić information content (AvgIpc) is 3.04. The van der Waals surface area contributed by atoms with Crippen LogP contribution in [0.2, 0.25) is 0 Å². The predicted molar refractivity (Wildman–Crippen MR) is 102 cm³/mol. The molecule has 8 nitrogen and oxygen atoms in total. The molecule has 0 radical (unpaired) electrons. The summed E-state index contributed by atoms with van der Waals surface area (Å²) in [6.07, 6.45) is 5.52. The van der Waals surface area contributed by atoms with E-state index in [1.54, 1.807) is 0 Å². The zero-order valence-corrected chi connectivity index (χ0v) is 16.3. The molecule has 2 aliphatic heterocycles. The van der Waals surface area contributed by atoms with Gasteiger partial charge in [0.05, 0.1) is 12.6 Å². The Labute approximate surface area is 160 Å². The van der Waals surface area contributed by atoms with Crippen LogP contribution in [-0.4, -0.2) is 67.0 Å². The lowest BCUT2D eigenvalue weighted by Crippen LogP contribution is -2.36. The fourth-order valence-corrected chi connectivity index (χ4v) is 4.13. The zero-order valence-electron chi connectivity index (χ0n) is 16.3. The fourth-order valence-electron chi connectivity index (χ4n) is 4.13. The van der Waals surface area contributed by atoms with E-state index < -0.39 is 0 Å². The van der Waals surface area contributed by atoms with Gasteiger partial charge in [-0.15, -0.1) is 10.2 Å². The topological polar surface area (TPSA) is 83.2 Å². The molecule has 146 valence electrons. The van der Waals surface area contributed by atoms with E-state index in [0.29, 0.717) is 5.92 Å². The minimum Gasteiger partial charge on any atom is -0.393 e. The van der Waals surface area contributed by atoms with Crippen LogP contribution in [0.4, 0.5) is 5.82 Å². The summed E-state index contributed by atoms with van der Waals surface area (Å²) >= 11 is 0. The Morgan fingerprint density at radius 2 is 1.81 bits per heavy atom. The summed E-state index contributed by atoms with van der Waals surface area (Å²) in [6.45, 7) is 6.57. The van der Waals surface area contributed by atoms with E-state index >= 15 is 0 Å². The maximum Gasteiger partial charge on any atom is 0.146 e. The molecule has 2 saturated heterocycles. The van der Waals surface area contributed by atoms with Crippen molar-refractivity contribution in [1.82, 2.24) is 29.6 Å². The summed E-state index contributed by atoms with van der Waals surface area (Å²) in [5.74, 6) is 4.40. The maximum absolute atomic E-state index is 9.67. The van der Waals surface area contributed by atoms with E-state index in [1.165, 1.54) is 0 Å². The summed E-state index contributed by atoms with van der Waals surface area (Å²) in [7, 11) is 2.09. The normalized spacial score (nSPS) is 20.3. The number of nitrogens with zero attached hydrogens (tertiary/aromatic N) is 7. The largest absolute Gasteiger partial charge is 0.393 e. The number of piperidine rings is 2. The van der Waals surface area contributed by atoms with Gasteiger partial charge in [0.2, 0.25) is 0 Å². The fraction of sp³-hybridized carbons (Fsp3) is 0.684. The van der Waals surface area contributed by atoms with Gasteiger partial charge in [-0.3, -0.25) is 4.90 Å². The van der Waals surface area contributed by atoms with Crippen molar-refractivity contribution in [3.8, 4) is 0 Å². The average molecular weight is 371 g/mol. The SMILES string of the molecule is Cc1nccc(N2CCC(c3nnc(CN4CCC(O)CC4)n3C)CC2)n1. The van der Waals surface area contributed by atoms with Crippen molar-refractivity contribution in [2.45, 2.75) is 51.2 Å². The van der Waals surface area contributed by atoms with Gasteiger partial charge < -0.3 is 14.6 Å². The number of rotatable bonds is 4. The van der Waals surface area contributed by atoms with Crippen LogP contribution >= 0.6 is 0 Å². The highest BCUT2D eigenvalue weighted by Gasteiger charge is 2.26. The van der Waals surface area contributed by atoms with Gasteiger partial charge in [-0.1, -0.05) is 0 Å². The van der Waals surface area contributed by atoms with Crippen molar-refractivity contribution in [1.29, 1.82) is 0 Å². The van der Waals surface area contributed by atoms with Gasteiger partial charge in [-0.25, -0.2) is 9.97 Å². The lowest BCUT2D eigenvalue weighted by Gasteiger charge is -2.32. The quantitative estimate of drug-likeness (QED) is 0.866. The predicted octanol–water partition coefficient (Wildman–Crippen LogP) is 1.25. The van der Waals surface area contributed by atoms with E-state index in [1.807, 2.05) is 19.2 Å². The number of aromatic nitrogens is 5. The Bertz CT molecular complexity index is 761. The first-order valence-corrected chi connectivity index (χ1v) is 9.93. The van der Waals surface area contributed by atoms with Crippen LogP contribution in [0.3, 0.4) is 0 Å². The molecule has 2 aromatic heterocycles. The third kappa shape index (κ3) is 4.11. The molecule has 0 spiro atoms. The van der Waals surface area contributed by atoms with E-state index in [4.69, 9.17) is 0 Å². The second-order valence-corrected chi connectivity index (χ2v) is 7.76. The number of aliphatic hydroxyl groups excluding tert-OH is 1. The minimum atomic E-state index is -0.139. The number of likely N-dealkylation sites (tertiary alicyclic amines) is 1. The van der Waals surface area contributed by atoms with Crippen molar-refractivity contribution in [2.24, 2.45) is 7.05 Å². The summed E-state index contributed by atoms with van der Waals surface area (Å²) in [6, 6.07) is 1.99. The Morgan fingerprint density at radius 1 is 1.07 bits per heavy atom. The third-order valence-electron chi connectivity index (χ3n) is 5.87. The van der Waals surface area contributed by atoms with Gasteiger partial charge in [-0.05, 0) is 38.7 Å². The van der Waals surface area contributed by atoms with E-state index in [9.17, 15) is 5.11 Å². The number of aliphatic hydroxyl groups is 1. The first-order valence-electron chi connectivity index (χ1n) is 9.93. The summed E-state index contributed by atoms with van der Waals surface area (Å²) in [5.41, 5.74) is 0. The molecule has 4 heterocycles. The molecule has 2 aromatic rings. The van der Waals surface area contributed by atoms with Crippen LogP contribution in [0.15, 0.2) is 12.3 Å². The Balaban J connectivity index is 1.37. The second-order valence-electron chi connectivity index (χ2n) is 7.76. The van der Waals surface area contributed by atoms with Crippen LogP contribution in [0.1, 0.15) is 49.1 Å². The van der Waals surface area contributed by atoms with Crippen molar-refractivity contribution in [3.05, 3.63) is 29.7 Å². The molecular formula is C19H29N7O. The standard InChI is InChI=1S/C19H29N7O/c1-14-20-8-3-17(21-14)26-11-4-15(5-12-26)19-23-22-18(24(19)2)13-25-9-6-16(27)7-10-25/h3,8,15-16,27H,4-7,9-13H2,1-2H3. The Morgan fingerprint density at radius 3 is 2.52 bits per heavy atom. The van der Waals surface area contributed by atoms with E-state index in [-0.39, 0.29) is 6.10 Å². The second kappa shape index (κ2) is 7.90. The van der Waals surface area contributed by atoms with Gasteiger partial charge in [0.1, 0.15) is 23.3 Å². The van der Waals surface area contributed by atoms with Crippen LogP contribution in [0.5, 0.6) is 0 Å². The smallest absolute Gasteiger partial charge is 0.146 e. The summed E-state index contributed by atoms with van der Waals surface area (Å²) in [5, 5.41) is 18.7. The van der Waals surface area contributed by atoms with Crippen molar-refractivity contribution < 1.29 is 5.11 Å². The number of hydrogen-bond acceptors (Lipinski definition) is 7. The van der Waals surface area contributed by atoms with Crippen molar-refractivity contribution in [3.63, 3.8) is 0 Å². The lowest BCUT2D eigenvalue weighted by atomic mass is 9.96. The zero-order chi connectivity index (χ0) is 18.8. The molecule has 0 aromatic carbocycles. The molecule has 0 amide bonds. The lowest BCUT2D eigenvalue weighted by molar-refractivity contribution is 0.0775. The minimum absolute atomic E-state index is 0.139. The molecule has 4 rings (SSSR count). The first-order chi connectivity index (χ1) is 13.1. The number of aryl methyl sites for hydroxylation is 1. The van der Waals surface area contributed by atoms with Crippen molar-refractivity contribution in [2.75, 3.05) is 31.1 Å². The maximum atomic E-state index is 9.67. The molecule has 1 N–H and O–H groups in total. The molecule has 2 aliphatic rings. The van der Waals surface area contributed by atoms with Crippen LogP contribution in [0.25, 0.3) is 0 Å². The molecule has 0 atom stereocenters. The van der Waals surface area contributed by atoms with Crippen molar-refractivity contribution >= 4 is 5.82 Å². The number of anilines is 1. The Hall–Kier alpha value is -2.06. The molecule has 0 aliphatic carbocycles. The van der Waals surface area contributed by atoms with Crippen LogP contribution in [0, 0.1) is 6.92 Å². The van der Waals surface area contributed by atoms with E-state index in [2.05, 4.69) is 41.6 Å². The highest BCUT2D eigenvalue weighted by molar-refractivity contribution is 5.38. The molecule has 0 unspecified atom stereocenters. The molecule has 0 saturated carbocycles. The van der Waals surface area contributed by atoms with Gasteiger partial charge in [-0.2, -0.15) is 0 Å². The summed E-state index contributed by atoms with van der Waals surface area (Å²) in [4.78, 5) is 13.4. The van der Waals surface area contributed by atoms with Crippen LogP contribution < -0.4 is 4.90 Å². The highest BCUT2D eigenvalue weighted by Crippen LogP contribution is 2.29. The first kappa shape index (κ1) is 18.3. The van der Waals surface area contributed by atoms with Gasteiger partial charge >= 0.3 is 0 Å². The molecule has 8 heteroatoms. The molecule has 27 heavy (non-hydrogen) atoms. The molecule has 0 bridgehead atoms. The van der Waals surface area contributed by atoms with Crippen LogP contribution in [-0.2, 0) is 13.6 Å². The van der Waals surface area contributed by atoms with Gasteiger partial charge in [0.15, 0.2) is 0 Å². The highest BCUT2D eigenvalue weighted by atomic mass is 16.3. The molecular weight excluding hydrogens is 342 g/mol. The third-order valence-corrected chi connectivity index (χ3v) is 5.87. The Kier molecular flexibility index (Phi) is 5.36. The van der Waals surface area contributed by atoms with Gasteiger partial charge in [0, 0.05) is 45.3 Å². The molecule has 2 fully saturated rings.